The topological polar surface area (TPSA) is 105 Å². The molecule has 3 heterocycles. The van der Waals surface area contributed by atoms with E-state index in [4.69, 9.17) is 4.42 Å². The standard InChI is InChI=1S/C23H24N4O4S/c28-20(15-25-22(29)19-10-5-13-32-19)27(17-8-3-11-24-14-17)21(18-9-4-12-31-18)23(30)26-16-6-1-2-7-16/h3-5,8-14,16,21H,1-2,6-7,15H2,(H,25,29)(H,26,30)/t21-/m0/s1. The molecule has 0 aliphatic heterocycles. The first-order valence-corrected chi connectivity index (χ1v) is 11.4. The second-order valence-electron chi connectivity index (χ2n) is 7.54. The van der Waals surface area contributed by atoms with Gasteiger partial charge in [0, 0.05) is 12.2 Å². The van der Waals surface area contributed by atoms with E-state index in [1.54, 1.807) is 48.0 Å². The SMILES string of the molecule is O=C(NCC(=O)N(c1cccnc1)[C@H](C(=O)NC1CCCC1)c1ccco1)c1cccs1. The lowest BCUT2D eigenvalue weighted by Gasteiger charge is -2.30. The molecule has 166 valence electrons. The highest BCUT2D eigenvalue weighted by molar-refractivity contribution is 7.12. The molecule has 0 unspecified atom stereocenters. The number of aromatic nitrogens is 1. The minimum atomic E-state index is -1.03. The Kier molecular flexibility index (Phi) is 6.96. The van der Waals surface area contributed by atoms with Gasteiger partial charge in [0.2, 0.25) is 5.91 Å². The highest BCUT2D eigenvalue weighted by Crippen LogP contribution is 2.29. The summed E-state index contributed by atoms with van der Waals surface area (Å²) in [5, 5.41) is 7.50. The van der Waals surface area contributed by atoms with Crippen LogP contribution in [0.2, 0.25) is 0 Å². The van der Waals surface area contributed by atoms with E-state index in [1.807, 2.05) is 0 Å². The summed E-state index contributed by atoms with van der Waals surface area (Å²) in [5.41, 5.74) is 0.436. The maximum absolute atomic E-state index is 13.4. The minimum Gasteiger partial charge on any atom is -0.467 e. The maximum atomic E-state index is 13.4. The molecule has 1 saturated carbocycles. The van der Waals surface area contributed by atoms with Gasteiger partial charge >= 0.3 is 0 Å². The molecule has 1 aliphatic carbocycles. The van der Waals surface area contributed by atoms with Crippen molar-refractivity contribution in [1.29, 1.82) is 0 Å². The van der Waals surface area contributed by atoms with Gasteiger partial charge in [-0.2, -0.15) is 0 Å². The average Bonchev–Trinajstić information content (AvgIpc) is 3.59. The lowest BCUT2D eigenvalue weighted by atomic mass is 10.1. The third-order valence-electron chi connectivity index (χ3n) is 5.36. The lowest BCUT2D eigenvalue weighted by molar-refractivity contribution is -0.127. The summed E-state index contributed by atoms with van der Waals surface area (Å²) in [7, 11) is 0. The molecule has 0 radical (unpaired) electrons. The zero-order chi connectivity index (χ0) is 22.3. The molecule has 8 nitrogen and oxygen atoms in total. The number of furan rings is 1. The van der Waals surface area contributed by atoms with E-state index in [9.17, 15) is 14.4 Å². The molecule has 3 aromatic heterocycles. The summed E-state index contributed by atoms with van der Waals surface area (Å²) < 4.78 is 5.56. The van der Waals surface area contributed by atoms with Crippen LogP contribution in [-0.4, -0.2) is 35.3 Å². The maximum Gasteiger partial charge on any atom is 0.261 e. The van der Waals surface area contributed by atoms with E-state index in [1.165, 1.54) is 28.7 Å². The molecule has 0 aromatic carbocycles. The summed E-state index contributed by atoms with van der Waals surface area (Å²) >= 11 is 1.29. The van der Waals surface area contributed by atoms with Gasteiger partial charge in [0.15, 0.2) is 6.04 Å². The first kappa shape index (κ1) is 21.8. The van der Waals surface area contributed by atoms with Crippen molar-refractivity contribution in [1.82, 2.24) is 15.6 Å². The van der Waals surface area contributed by atoms with E-state index in [-0.39, 0.29) is 24.4 Å². The second-order valence-corrected chi connectivity index (χ2v) is 8.49. The Morgan fingerprint density at radius 1 is 1.16 bits per heavy atom. The van der Waals surface area contributed by atoms with Crippen molar-refractivity contribution in [2.75, 3.05) is 11.4 Å². The average molecular weight is 453 g/mol. The Morgan fingerprint density at radius 3 is 2.66 bits per heavy atom. The summed E-state index contributed by atoms with van der Waals surface area (Å²) in [6.45, 7) is -0.278. The van der Waals surface area contributed by atoms with Crippen molar-refractivity contribution < 1.29 is 18.8 Å². The third-order valence-corrected chi connectivity index (χ3v) is 6.23. The number of hydrogen-bond acceptors (Lipinski definition) is 6. The first-order valence-electron chi connectivity index (χ1n) is 10.5. The molecule has 0 bridgehead atoms. The zero-order valence-corrected chi connectivity index (χ0v) is 18.2. The van der Waals surface area contributed by atoms with Crippen LogP contribution in [0.15, 0.2) is 64.9 Å². The smallest absolute Gasteiger partial charge is 0.261 e. The summed E-state index contributed by atoms with van der Waals surface area (Å²) in [6.07, 6.45) is 8.52. The third kappa shape index (κ3) is 5.05. The van der Waals surface area contributed by atoms with Gasteiger partial charge in [-0.1, -0.05) is 18.9 Å². The molecule has 3 aromatic rings. The molecule has 4 rings (SSSR count). The number of anilines is 1. The number of carbonyl (C=O) groups excluding carboxylic acids is 3. The number of rotatable bonds is 8. The van der Waals surface area contributed by atoms with Gasteiger partial charge in [-0.3, -0.25) is 24.3 Å². The molecule has 1 fully saturated rings. The summed E-state index contributed by atoms with van der Waals surface area (Å²) in [5.74, 6) is -0.786. The molecule has 1 atom stereocenters. The Labute approximate surface area is 189 Å². The molecule has 32 heavy (non-hydrogen) atoms. The number of carbonyl (C=O) groups is 3. The van der Waals surface area contributed by atoms with Gasteiger partial charge in [0.25, 0.3) is 11.8 Å². The van der Waals surface area contributed by atoms with Gasteiger partial charge in [0.05, 0.1) is 29.6 Å². The largest absolute Gasteiger partial charge is 0.467 e. The van der Waals surface area contributed by atoms with E-state index < -0.39 is 11.9 Å². The van der Waals surface area contributed by atoms with Crippen LogP contribution in [0.4, 0.5) is 5.69 Å². The second kappa shape index (κ2) is 10.2. The van der Waals surface area contributed by atoms with E-state index in [0.717, 1.165) is 25.7 Å². The molecule has 2 N–H and O–H groups in total. The van der Waals surface area contributed by atoms with Crippen LogP contribution in [0, 0.1) is 0 Å². The predicted octanol–water partition coefficient (Wildman–Crippen LogP) is 3.30. The van der Waals surface area contributed by atoms with E-state index in [2.05, 4.69) is 15.6 Å². The van der Waals surface area contributed by atoms with Gasteiger partial charge in [0.1, 0.15) is 5.76 Å². The fourth-order valence-corrected chi connectivity index (χ4v) is 4.48. The van der Waals surface area contributed by atoms with Crippen LogP contribution in [0.5, 0.6) is 0 Å². The number of nitrogens with zero attached hydrogens (tertiary/aromatic N) is 2. The normalized spacial score (nSPS) is 14.6. The van der Waals surface area contributed by atoms with Crippen molar-refractivity contribution >= 4 is 34.7 Å². The minimum absolute atomic E-state index is 0.0735. The summed E-state index contributed by atoms with van der Waals surface area (Å²) in [4.78, 5) is 45.0. The van der Waals surface area contributed by atoms with Crippen LogP contribution < -0.4 is 15.5 Å². The predicted molar refractivity (Wildman–Crippen MR) is 120 cm³/mol. The van der Waals surface area contributed by atoms with Crippen molar-refractivity contribution in [3.63, 3.8) is 0 Å². The van der Waals surface area contributed by atoms with Gasteiger partial charge < -0.3 is 15.1 Å². The first-order chi connectivity index (χ1) is 15.6. The van der Waals surface area contributed by atoms with Crippen molar-refractivity contribution in [3.8, 4) is 0 Å². The fourth-order valence-electron chi connectivity index (χ4n) is 3.84. The van der Waals surface area contributed by atoms with Gasteiger partial charge in [-0.15, -0.1) is 11.3 Å². The number of pyridine rings is 1. The Balaban J connectivity index is 1.61. The van der Waals surface area contributed by atoms with Gasteiger partial charge in [-0.05, 0) is 48.6 Å². The lowest BCUT2D eigenvalue weighted by Crippen LogP contribution is -2.49. The number of amides is 3. The molecule has 3 amide bonds. The van der Waals surface area contributed by atoms with Crippen LogP contribution >= 0.6 is 11.3 Å². The fraction of sp³-hybridized carbons (Fsp3) is 0.304. The van der Waals surface area contributed by atoms with E-state index >= 15 is 0 Å². The Morgan fingerprint density at radius 2 is 2.00 bits per heavy atom. The van der Waals surface area contributed by atoms with Crippen molar-refractivity contribution in [3.05, 3.63) is 71.1 Å². The molecule has 0 spiro atoms. The van der Waals surface area contributed by atoms with Gasteiger partial charge in [-0.25, -0.2) is 0 Å². The van der Waals surface area contributed by atoms with Crippen LogP contribution in [0.3, 0.4) is 0 Å². The van der Waals surface area contributed by atoms with Crippen molar-refractivity contribution in [2.45, 2.75) is 37.8 Å². The number of thiophene rings is 1. The molecular formula is C23H24N4O4S. The van der Waals surface area contributed by atoms with Crippen LogP contribution in [-0.2, 0) is 9.59 Å². The number of hydrogen-bond donors (Lipinski definition) is 2. The highest BCUT2D eigenvalue weighted by Gasteiger charge is 2.36. The number of nitrogens with one attached hydrogen (secondary N) is 2. The monoisotopic (exact) mass is 452 g/mol. The van der Waals surface area contributed by atoms with Crippen molar-refractivity contribution in [2.24, 2.45) is 0 Å². The van der Waals surface area contributed by atoms with Crippen LogP contribution in [0.1, 0.15) is 47.2 Å². The Bertz CT molecular complexity index is 1030. The molecule has 0 saturated heterocycles. The zero-order valence-electron chi connectivity index (χ0n) is 17.4. The molecular weight excluding hydrogens is 428 g/mol. The quantitative estimate of drug-likeness (QED) is 0.546. The highest BCUT2D eigenvalue weighted by atomic mass is 32.1. The molecule has 1 aliphatic rings. The van der Waals surface area contributed by atoms with E-state index in [0.29, 0.717) is 16.3 Å². The van der Waals surface area contributed by atoms with Crippen LogP contribution in [0.25, 0.3) is 0 Å². The summed E-state index contributed by atoms with van der Waals surface area (Å²) in [6, 6.07) is 9.23. The molecule has 9 heteroatoms. The Hall–Kier alpha value is -3.46.